The second kappa shape index (κ2) is 6.49. The van der Waals surface area contributed by atoms with Crippen LogP contribution in [-0.4, -0.2) is 16.9 Å². The minimum Gasteiger partial charge on any atom is -0.443 e. The number of amides is 1. The van der Waals surface area contributed by atoms with E-state index in [1.54, 1.807) is 6.07 Å². The molecule has 3 N–H and O–H groups in total. The van der Waals surface area contributed by atoms with Gasteiger partial charge in [-0.15, -0.1) is 0 Å². The fourth-order valence-corrected chi connectivity index (χ4v) is 1.99. The van der Waals surface area contributed by atoms with E-state index >= 15 is 0 Å². The van der Waals surface area contributed by atoms with Gasteiger partial charge in [0.1, 0.15) is 5.82 Å². The predicted octanol–water partition coefficient (Wildman–Crippen LogP) is 2.79. The predicted molar refractivity (Wildman–Crippen MR) is 78.0 cm³/mol. The number of hydrogen-bond acceptors (Lipinski definition) is 4. The molecule has 0 saturated heterocycles. The fraction of sp³-hybridized carbons (Fsp3) is 0.333. The van der Waals surface area contributed by atoms with Crippen LogP contribution in [0.1, 0.15) is 20.3 Å². The Bertz CT molecular complexity index is 611. The van der Waals surface area contributed by atoms with Gasteiger partial charge in [-0.3, -0.25) is 4.79 Å². The van der Waals surface area contributed by atoms with Crippen molar-refractivity contribution < 1.29 is 13.6 Å². The summed E-state index contributed by atoms with van der Waals surface area (Å²) in [6.07, 6.45) is 3.23. The van der Waals surface area contributed by atoms with Crippen molar-refractivity contribution >= 4 is 11.6 Å². The molecule has 1 heterocycles. The first kappa shape index (κ1) is 15.2. The summed E-state index contributed by atoms with van der Waals surface area (Å²) in [5, 5.41) is 2.61. The molecule has 0 aliphatic rings. The van der Waals surface area contributed by atoms with Crippen LogP contribution in [0.15, 0.2) is 35.2 Å². The Morgan fingerprint density at radius 2 is 2.24 bits per heavy atom. The molecule has 0 fully saturated rings. The summed E-state index contributed by atoms with van der Waals surface area (Å²) >= 11 is 0. The molecule has 1 amide bonds. The Labute approximate surface area is 122 Å². The van der Waals surface area contributed by atoms with E-state index in [0.29, 0.717) is 23.8 Å². The summed E-state index contributed by atoms with van der Waals surface area (Å²) in [6, 6.07) is 3.75. The number of nitrogens with zero attached hydrogens (tertiary/aromatic N) is 1. The van der Waals surface area contributed by atoms with Gasteiger partial charge in [-0.05, 0) is 30.5 Å². The van der Waals surface area contributed by atoms with Crippen LogP contribution in [0.5, 0.6) is 0 Å². The van der Waals surface area contributed by atoms with Gasteiger partial charge in [0, 0.05) is 5.69 Å². The number of aromatic nitrogens is 1. The van der Waals surface area contributed by atoms with Crippen molar-refractivity contribution in [3.05, 3.63) is 36.6 Å². The lowest BCUT2D eigenvalue weighted by molar-refractivity contribution is -0.117. The molecular formula is C15H18FN3O2. The summed E-state index contributed by atoms with van der Waals surface area (Å²) in [5.74, 6) is -0.171. The number of hydrogen-bond donors (Lipinski definition) is 2. The Kier molecular flexibility index (Phi) is 4.70. The number of carbonyl (C=O) groups excluding carboxylic acids is 1. The molecule has 0 spiro atoms. The summed E-state index contributed by atoms with van der Waals surface area (Å²) in [4.78, 5) is 15.6. The molecule has 2 aromatic rings. The quantitative estimate of drug-likeness (QED) is 0.887. The van der Waals surface area contributed by atoms with E-state index in [0.717, 1.165) is 0 Å². The third kappa shape index (κ3) is 3.88. The molecule has 0 aliphatic carbocycles. The molecule has 0 radical (unpaired) electrons. The van der Waals surface area contributed by atoms with Crippen LogP contribution in [0, 0.1) is 11.7 Å². The van der Waals surface area contributed by atoms with Gasteiger partial charge in [0.2, 0.25) is 5.91 Å². The first-order chi connectivity index (χ1) is 9.97. The van der Waals surface area contributed by atoms with Crippen molar-refractivity contribution in [2.75, 3.05) is 5.32 Å². The molecule has 1 aromatic heterocycles. The number of carbonyl (C=O) groups is 1. The number of oxazole rings is 1. The van der Waals surface area contributed by atoms with Crippen molar-refractivity contribution in [3.8, 4) is 11.3 Å². The Morgan fingerprint density at radius 1 is 1.48 bits per heavy atom. The summed E-state index contributed by atoms with van der Waals surface area (Å²) in [5.41, 5.74) is 6.43. The number of anilines is 1. The first-order valence-corrected chi connectivity index (χ1v) is 6.72. The maximum Gasteiger partial charge on any atom is 0.241 e. The molecule has 0 aliphatic heterocycles. The van der Waals surface area contributed by atoms with Gasteiger partial charge in [0.25, 0.3) is 0 Å². The third-order valence-electron chi connectivity index (χ3n) is 3.00. The molecule has 6 heteroatoms. The fourth-order valence-electron chi connectivity index (χ4n) is 1.99. The Morgan fingerprint density at radius 3 is 2.81 bits per heavy atom. The number of benzene rings is 1. The van der Waals surface area contributed by atoms with Crippen LogP contribution in [0.3, 0.4) is 0 Å². The van der Waals surface area contributed by atoms with Crippen LogP contribution >= 0.6 is 0 Å². The standard InChI is InChI=1S/C15H18FN3O2/c1-9(2)5-13(17)15(20)19-10-3-4-11(12(16)6-10)14-7-18-8-21-14/h3-4,6-9,13H,5,17H2,1-2H3,(H,19,20)/t13-/m1/s1. The molecule has 2 rings (SSSR count). The minimum absolute atomic E-state index is 0.289. The number of halogens is 1. The SMILES string of the molecule is CC(C)C[C@@H](N)C(=O)Nc1ccc(-c2cnco2)c(F)c1. The normalized spacial score (nSPS) is 12.4. The van der Waals surface area contributed by atoms with Gasteiger partial charge >= 0.3 is 0 Å². The second-order valence-corrected chi connectivity index (χ2v) is 5.29. The highest BCUT2D eigenvalue weighted by Gasteiger charge is 2.16. The largest absolute Gasteiger partial charge is 0.443 e. The van der Waals surface area contributed by atoms with E-state index in [1.165, 1.54) is 24.7 Å². The molecule has 0 bridgehead atoms. The third-order valence-corrected chi connectivity index (χ3v) is 3.00. The van der Waals surface area contributed by atoms with Crippen molar-refractivity contribution in [2.45, 2.75) is 26.3 Å². The zero-order valence-corrected chi connectivity index (χ0v) is 12.0. The smallest absolute Gasteiger partial charge is 0.241 e. The molecular weight excluding hydrogens is 273 g/mol. The lowest BCUT2D eigenvalue weighted by atomic mass is 10.0. The van der Waals surface area contributed by atoms with Gasteiger partial charge < -0.3 is 15.5 Å². The van der Waals surface area contributed by atoms with E-state index in [2.05, 4.69) is 10.3 Å². The molecule has 0 saturated carbocycles. The van der Waals surface area contributed by atoms with E-state index in [4.69, 9.17) is 10.2 Å². The maximum absolute atomic E-state index is 14.0. The van der Waals surface area contributed by atoms with Crippen molar-refractivity contribution in [1.29, 1.82) is 0 Å². The summed E-state index contributed by atoms with van der Waals surface area (Å²) < 4.78 is 19.0. The van der Waals surface area contributed by atoms with Crippen LogP contribution in [-0.2, 0) is 4.79 Å². The van der Waals surface area contributed by atoms with Gasteiger partial charge in [-0.2, -0.15) is 0 Å². The zero-order chi connectivity index (χ0) is 15.4. The molecule has 1 aromatic carbocycles. The second-order valence-electron chi connectivity index (χ2n) is 5.29. The Balaban J connectivity index is 2.09. The average Bonchev–Trinajstić information content (AvgIpc) is 2.91. The van der Waals surface area contributed by atoms with E-state index in [1.807, 2.05) is 13.8 Å². The molecule has 112 valence electrons. The average molecular weight is 291 g/mol. The highest BCUT2D eigenvalue weighted by molar-refractivity contribution is 5.94. The maximum atomic E-state index is 14.0. The van der Waals surface area contributed by atoms with E-state index < -0.39 is 11.9 Å². The Hall–Kier alpha value is -2.21. The van der Waals surface area contributed by atoms with Crippen LogP contribution in [0.25, 0.3) is 11.3 Å². The highest BCUT2D eigenvalue weighted by Crippen LogP contribution is 2.25. The van der Waals surface area contributed by atoms with Crippen molar-refractivity contribution in [2.24, 2.45) is 11.7 Å². The van der Waals surface area contributed by atoms with Crippen LogP contribution < -0.4 is 11.1 Å². The zero-order valence-electron chi connectivity index (χ0n) is 12.0. The monoisotopic (exact) mass is 291 g/mol. The van der Waals surface area contributed by atoms with Gasteiger partial charge in [0.05, 0.1) is 17.8 Å². The summed E-state index contributed by atoms with van der Waals surface area (Å²) in [7, 11) is 0. The van der Waals surface area contributed by atoms with E-state index in [9.17, 15) is 9.18 Å². The van der Waals surface area contributed by atoms with Crippen molar-refractivity contribution in [1.82, 2.24) is 4.98 Å². The lowest BCUT2D eigenvalue weighted by Crippen LogP contribution is -2.36. The molecule has 5 nitrogen and oxygen atoms in total. The lowest BCUT2D eigenvalue weighted by Gasteiger charge is -2.14. The number of nitrogens with one attached hydrogen (secondary N) is 1. The van der Waals surface area contributed by atoms with E-state index in [-0.39, 0.29) is 11.5 Å². The van der Waals surface area contributed by atoms with Crippen LogP contribution in [0.4, 0.5) is 10.1 Å². The molecule has 21 heavy (non-hydrogen) atoms. The number of rotatable bonds is 5. The minimum atomic E-state index is -0.609. The number of nitrogens with two attached hydrogens (primary N) is 1. The molecule has 1 atom stereocenters. The van der Waals surface area contributed by atoms with Gasteiger partial charge in [0.15, 0.2) is 12.2 Å². The molecule has 0 unspecified atom stereocenters. The van der Waals surface area contributed by atoms with Crippen LogP contribution in [0.2, 0.25) is 0 Å². The van der Waals surface area contributed by atoms with Gasteiger partial charge in [-0.25, -0.2) is 9.37 Å². The highest BCUT2D eigenvalue weighted by atomic mass is 19.1. The first-order valence-electron chi connectivity index (χ1n) is 6.72. The summed E-state index contributed by atoms with van der Waals surface area (Å²) in [6.45, 7) is 3.97. The van der Waals surface area contributed by atoms with Gasteiger partial charge in [-0.1, -0.05) is 13.8 Å². The van der Waals surface area contributed by atoms with Crippen molar-refractivity contribution in [3.63, 3.8) is 0 Å². The topological polar surface area (TPSA) is 81.2 Å².